The van der Waals surface area contributed by atoms with Crippen LogP contribution in [0.2, 0.25) is 0 Å². The Morgan fingerprint density at radius 1 is 1.50 bits per heavy atom. The fourth-order valence-corrected chi connectivity index (χ4v) is 3.35. The first-order valence-electron chi connectivity index (χ1n) is 6.45. The van der Waals surface area contributed by atoms with Crippen LogP contribution in [0.5, 0.6) is 0 Å². The van der Waals surface area contributed by atoms with Gasteiger partial charge in [-0.25, -0.2) is 4.79 Å². The highest BCUT2D eigenvalue weighted by Gasteiger charge is 2.52. The topological polar surface area (TPSA) is 38.7 Å². The molecule has 2 unspecified atom stereocenters. The summed E-state index contributed by atoms with van der Waals surface area (Å²) in [6.45, 7) is 3.17. The number of hydrogen-bond donors (Lipinski definition) is 0. The van der Waals surface area contributed by atoms with Gasteiger partial charge in [0, 0.05) is 12.5 Å². The van der Waals surface area contributed by atoms with E-state index in [-0.39, 0.29) is 5.97 Å². The second-order valence-electron chi connectivity index (χ2n) is 5.56. The molecule has 2 atom stereocenters. The Morgan fingerprint density at radius 2 is 2.31 bits per heavy atom. The summed E-state index contributed by atoms with van der Waals surface area (Å²) in [4.78, 5) is 16.2. The highest BCUT2D eigenvalue weighted by Crippen LogP contribution is 2.59. The minimum Gasteiger partial charge on any atom is -0.462 e. The Hall–Kier alpha value is -0.860. The van der Waals surface area contributed by atoms with Crippen LogP contribution < -0.4 is 0 Å². The fraction of sp³-hybridized carbons (Fsp3) is 0.846. The molecular weight excluding hydrogens is 202 g/mol. The van der Waals surface area contributed by atoms with Gasteiger partial charge in [-0.2, -0.15) is 0 Å². The Labute approximate surface area is 96.3 Å². The van der Waals surface area contributed by atoms with E-state index in [1.165, 1.54) is 32.1 Å². The zero-order chi connectivity index (χ0) is 11.2. The fourth-order valence-electron chi connectivity index (χ4n) is 3.35. The lowest BCUT2D eigenvalue weighted by Crippen LogP contribution is -2.33. The Kier molecular flexibility index (Phi) is 2.30. The van der Waals surface area contributed by atoms with Gasteiger partial charge in [-0.05, 0) is 50.4 Å². The molecule has 1 spiro atoms. The maximum absolute atomic E-state index is 11.8. The van der Waals surface area contributed by atoms with Gasteiger partial charge < -0.3 is 4.74 Å². The van der Waals surface area contributed by atoms with Crippen molar-refractivity contribution in [2.24, 2.45) is 22.2 Å². The number of nitrogens with zero attached hydrogens (tertiary/aromatic N) is 1. The van der Waals surface area contributed by atoms with E-state index in [4.69, 9.17) is 4.74 Å². The number of hydrogen-bond acceptors (Lipinski definition) is 3. The molecule has 0 amide bonds. The second kappa shape index (κ2) is 3.57. The first-order valence-corrected chi connectivity index (χ1v) is 6.45. The molecule has 0 N–H and O–H groups in total. The summed E-state index contributed by atoms with van der Waals surface area (Å²) in [5.74, 6) is 0.883. The largest absolute Gasteiger partial charge is 0.462 e. The van der Waals surface area contributed by atoms with Gasteiger partial charge in [0.05, 0.1) is 6.61 Å². The molecule has 0 aromatic heterocycles. The van der Waals surface area contributed by atoms with Crippen LogP contribution in [-0.4, -0.2) is 24.8 Å². The van der Waals surface area contributed by atoms with E-state index in [0.717, 1.165) is 12.3 Å². The molecule has 0 bridgehead atoms. The predicted octanol–water partition coefficient (Wildman–Crippen LogP) is 2.20. The average Bonchev–Trinajstić information content (AvgIpc) is 2.89. The number of aliphatic imine (C=N–C) groups is 1. The third-order valence-corrected chi connectivity index (χ3v) is 4.56. The number of carbonyl (C=O) groups is 1. The van der Waals surface area contributed by atoms with Gasteiger partial charge in [0.1, 0.15) is 5.71 Å². The van der Waals surface area contributed by atoms with Gasteiger partial charge >= 0.3 is 5.97 Å². The number of fused-ring (bicyclic) bond motifs is 1. The molecule has 2 aliphatic carbocycles. The standard InChI is InChI=1S/C13H19NO2/c1-2-16-12(15)11-10-7-13(5-6-13)4-3-9(10)8-14-11/h9-10H,2-8H2,1H3. The summed E-state index contributed by atoms with van der Waals surface area (Å²) >= 11 is 0. The van der Waals surface area contributed by atoms with Gasteiger partial charge in [0.25, 0.3) is 0 Å². The van der Waals surface area contributed by atoms with E-state index in [2.05, 4.69) is 4.99 Å². The van der Waals surface area contributed by atoms with E-state index in [9.17, 15) is 4.79 Å². The molecule has 0 aromatic carbocycles. The van der Waals surface area contributed by atoms with Crippen molar-refractivity contribution in [3.63, 3.8) is 0 Å². The molecule has 1 heterocycles. The monoisotopic (exact) mass is 221 g/mol. The Morgan fingerprint density at radius 3 is 3.00 bits per heavy atom. The molecule has 16 heavy (non-hydrogen) atoms. The molecule has 3 rings (SSSR count). The molecule has 1 aliphatic heterocycles. The second-order valence-corrected chi connectivity index (χ2v) is 5.56. The van der Waals surface area contributed by atoms with Crippen molar-refractivity contribution < 1.29 is 9.53 Å². The lowest BCUT2D eigenvalue weighted by molar-refractivity contribution is -0.135. The minimum atomic E-state index is -0.160. The van der Waals surface area contributed by atoms with Gasteiger partial charge in [-0.3, -0.25) is 4.99 Å². The molecule has 0 saturated heterocycles. The quantitative estimate of drug-likeness (QED) is 0.670. The van der Waals surface area contributed by atoms with E-state index in [1.807, 2.05) is 6.92 Å². The van der Waals surface area contributed by atoms with Crippen molar-refractivity contribution in [2.45, 2.75) is 39.0 Å². The van der Waals surface area contributed by atoms with Crippen LogP contribution in [0.1, 0.15) is 39.0 Å². The number of ether oxygens (including phenoxy) is 1. The van der Waals surface area contributed by atoms with Crippen molar-refractivity contribution in [3.05, 3.63) is 0 Å². The summed E-state index contributed by atoms with van der Waals surface area (Å²) in [7, 11) is 0. The summed E-state index contributed by atoms with van der Waals surface area (Å²) in [6, 6.07) is 0. The Bertz CT molecular complexity index is 344. The maximum Gasteiger partial charge on any atom is 0.352 e. The number of esters is 1. The first-order chi connectivity index (χ1) is 7.74. The highest BCUT2D eigenvalue weighted by atomic mass is 16.5. The lowest BCUT2D eigenvalue weighted by atomic mass is 9.72. The highest BCUT2D eigenvalue weighted by molar-refractivity contribution is 6.37. The molecular formula is C13H19NO2. The van der Waals surface area contributed by atoms with Crippen LogP contribution in [0.4, 0.5) is 0 Å². The van der Waals surface area contributed by atoms with Crippen molar-refractivity contribution in [1.29, 1.82) is 0 Å². The van der Waals surface area contributed by atoms with Crippen molar-refractivity contribution in [1.82, 2.24) is 0 Å². The molecule has 3 aliphatic rings. The molecule has 88 valence electrons. The molecule has 3 nitrogen and oxygen atoms in total. The van der Waals surface area contributed by atoms with Gasteiger partial charge in [-0.15, -0.1) is 0 Å². The van der Waals surface area contributed by atoms with Gasteiger partial charge in [0.15, 0.2) is 0 Å². The SMILES string of the molecule is CCOC(=O)C1=NCC2CCC3(CC3)CC12. The van der Waals surface area contributed by atoms with Crippen LogP contribution >= 0.6 is 0 Å². The van der Waals surface area contributed by atoms with Crippen LogP contribution in [-0.2, 0) is 9.53 Å². The zero-order valence-electron chi connectivity index (χ0n) is 9.87. The zero-order valence-corrected chi connectivity index (χ0v) is 9.87. The molecule has 3 heteroatoms. The van der Waals surface area contributed by atoms with Crippen LogP contribution in [0.15, 0.2) is 4.99 Å². The predicted molar refractivity (Wildman–Crippen MR) is 61.4 cm³/mol. The van der Waals surface area contributed by atoms with Gasteiger partial charge in [0.2, 0.25) is 0 Å². The molecule has 0 radical (unpaired) electrons. The smallest absolute Gasteiger partial charge is 0.352 e. The normalized spacial score (nSPS) is 34.4. The molecule has 2 fully saturated rings. The van der Waals surface area contributed by atoms with E-state index in [1.54, 1.807) is 0 Å². The first kappa shape index (κ1) is 10.3. The van der Waals surface area contributed by atoms with Gasteiger partial charge in [-0.1, -0.05) is 0 Å². The van der Waals surface area contributed by atoms with E-state index < -0.39 is 0 Å². The summed E-state index contributed by atoms with van der Waals surface area (Å²) in [5, 5.41) is 0. The van der Waals surface area contributed by atoms with Crippen LogP contribution in [0, 0.1) is 17.3 Å². The third kappa shape index (κ3) is 1.57. The van der Waals surface area contributed by atoms with Crippen molar-refractivity contribution >= 4 is 11.7 Å². The van der Waals surface area contributed by atoms with E-state index in [0.29, 0.717) is 23.9 Å². The maximum atomic E-state index is 11.8. The summed E-state index contributed by atoms with van der Waals surface area (Å²) < 4.78 is 5.09. The summed E-state index contributed by atoms with van der Waals surface area (Å²) in [6.07, 6.45) is 6.55. The number of rotatable bonds is 2. The van der Waals surface area contributed by atoms with Crippen molar-refractivity contribution in [3.8, 4) is 0 Å². The van der Waals surface area contributed by atoms with Crippen LogP contribution in [0.25, 0.3) is 0 Å². The number of carbonyl (C=O) groups excluding carboxylic acids is 1. The van der Waals surface area contributed by atoms with Crippen molar-refractivity contribution in [2.75, 3.05) is 13.2 Å². The molecule has 0 aromatic rings. The lowest BCUT2D eigenvalue weighted by Gasteiger charge is -2.31. The third-order valence-electron chi connectivity index (χ3n) is 4.56. The average molecular weight is 221 g/mol. The van der Waals surface area contributed by atoms with Crippen LogP contribution in [0.3, 0.4) is 0 Å². The Balaban J connectivity index is 1.73. The summed E-state index contributed by atoms with van der Waals surface area (Å²) in [5.41, 5.74) is 1.34. The minimum absolute atomic E-state index is 0.160. The van der Waals surface area contributed by atoms with E-state index >= 15 is 0 Å². The molecule has 2 saturated carbocycles.